The number of fused-ring (bicyclic) bond motifs is 4. The van der Waals surface area contributed by atoms with E-state index < -0.39 is 0 Å². The maximum Gasteiger partial charge on any atom is 0.211 e. The Bertz CT molecular complexity index is 1500. The smallest absolute Gasteiger partial charge is 0.211 e. The summed E-state index contributed by atoms with van der Waals surface area (Å²) in [7, 11) is 0. The molecule has 4 fully saturated rings. The molecular formula is C41H48O2. The van der Waals surface area contributed by atoms with Crippen molar-refractivity contribution in [3.8, 4) is 16.9 Å². The van der Waals surface area contributed by atoms with Gasteiger partial charge >= 0.3 is 0 Å². The molecule has 0 saturated heterocycles. The van der Waals surface area contributed by atoms with E-state index in [-0.39, 0.29) is 17.8 Å². The molecule has 2 heteroatoms. The molecule has 3 aromatic carbocycles. The monoisotopic (exact) mass is 572 g/mol. The number of hydrogen-bond acceptors (Lipinski definition) is 2. The Morgan fingerprint density at radius 3 is 2.21 bits per heavy atom. The summed E-state index contributed by atoms with van der Waals surface area (Å²) < 4.78 is 14.4. The summed E-state index contributed by atoms with van der Waals surface area (Å²) >= 11 is 0. The van der Waals surface area contributed by atoms with Crippen LogP contribution in [0.5, 0.6) is 5.75 Å². The van der Waals surface area contributed by atoms with E-state index >= 15 is 0 Å². The summed E-state index contributed by atoms with van der Waals surface area (Å²) in [4.78, 5) is 0. The lowest BCUT2D eigenvalue weighted by Gasteiger charge is -2.36. The van der Waals surface area contributed by atoms with Crippen LogP contribution in [0.1, 0.15) is 101 Å². The van der Waals surface area contributed by atoms with Gasteiger partial charge in [-0.15, -0.1) is 0 Å². The van der Waals surface area contributed by atoms with Gasteiger partial charge in [-0.25, -0.2) is 0 Å². The van der Waals surface area contributed by atoms with Crippen molar-refractivity contribution >= 4 is 6.08 Å². The number of benzene rings is 3. The zero-order chi connectivity index (χ0) is 29.3. The molecule has 0 N–H and O–H groups in total. The van der Waals surface area contributed by atoms with Crippen molar-refractivity contribution in [1.82, 2.24) is 0 Å². The summed E-state index contributed by atoms with van der Waals surface area (Å²) in [5.74, 6) is 5.58. The minimum atomic E-state index is -0.339. The molecule has 2 nitrogen and oxygen atoms in total. The van der Waals surface area contributed by atoms with Crippen LogP contribution in [0.4, 0.5) is 0 Å². The van der Waals surface area contributed by atoms with Gasteiger partial charge in [0.15, 0.2) is 0 Å². The first-order valence-electron chi connectivity index (χ1n) is 17.2. The Morgan fingerprint density at radius 1 is 0.791 bits per heavy atom. The molecule has 3 aromatic rings. The standard InChI is InChI=1S/C41H48O2/c1-25(2)17-38(26(3)4)31-14-13-30-22-33(16-15-29(30)21-31)42-40(43-41-23-28-18-27(19-28)20-32(41)24-41)39-36-11-7-5-9-34(36)35-10-6-8-12-37(35)39/h5-12,15-16,21-22,25-28,32,38-40H,13-14,17-20,23-24H2,1-4H3. The molecule has 0 aromatic heterocycles. The molecule has 4 atom stereocenters. The van der Waals surface area contributed by atoms with E-state index in [0.717, 1.165) is 36.3 Å². The van der Waals surface area contributed by atoms with Crippen LogP contribution in [-0.4, -0.2) is 11.9 Å². The van der Waals surface area contributed by atoms with E-state index in [4.69, 9.17) is 9.47 Å². The van der Waals surface area contributed by atoms with E-state index in [0.29, 0.717) is 17.8 Å². The van der Waals surface area contributed by atoms with Gasteiger partial charge in [-0.1, -0.05) is 93.9 Å². The first-order chi connectivity index (χ1) is 20.9. The third-order valence-corrected chi connectivity index (χ3v) is 11.7. The first kappa shape index (κ1) is 27.7. The van der Waals surface area contributed by atoms with E-state index in [1.807, 2.05) is 0 Å². The highest BCUT2D eigenvalue weighted by molar-refractivity contribution is 5.79. The van der Waals surface area contributed by atoms with Crippen molar-refractivity contribution in [2.75, 3.05) is 0 Å². The highest BCUT2D eigenvalue weighted by Gasteiger charge is 2.62. The van der Waals surface area contributed by atoms with Crippen molar-refractivity contribution in [2.45, 2.75) is 96.9 Å². The normalized spacial score (nSPS) is 28.1. The maximum absolute atomic E-state index is 7.35. The first-order valence-corrected chi connectivity index (χ1v) is 17.2. The lowest BCUT2D eigenvalue weighted by Crippen LogP contribution is -2.36. The highest BCUT2D eigenvalue weighted by Crippen LogP contribution is 2.64. The molecule has 6 aliphatic rings. The molecule has 0 spiro atoms. The van der Waals surface area contributed by atoms with Gasteiger partial charge < -0.3 is 9.47 Å². The third kappa shape index (κ3) is 4.98. The van der Waals surface area contributed by atoms with Crippen LogP contribution >= 0.6 is 0 Å². The van der Waals surface area contributed by atoms with Crippen molar-refractivity contribution in [3.05, 3.63) is 94.6 Å². The molecule has 43 heavy (non-hydrogen) atoms. The fourth-order valence-electron chi connectivity index (χ4n) is 9.45. The van der Waals surface area contributed by atoms with Crippen molar-refractivity contribution in [1.29, 1.82) is 0 Å². The number of hydrogen-bond donors (Lipinski definition) is 0. The summed E-state index contributed by atoms with van der Waals surface area (Å²) in [5.41, 5.74) is 9.77. The van der Waals surface area contributed by atoms with Gasteiger partial charge in [0, 0.05) is 0 Å². The zero-order valence-corrected chi connectivity index (χ0v) is 26.5. The molecule has 4 saturated carbocycles. The number of allylic oxidation sites excluding steroid dienone is 1. The lowest BCUT2D eigenvalue weighted by molar-refractivity contribution is -0.149. The van der Waals surface area contributed by atoms with Crippen molar-refractivity contribution < 1.29 is 9.47 Å². The quantitative estimate of drug-likeness (QED) is 0.238. The summed E-state index contributed by atoms with van der Waals surface area (Å²) in [5, 5.41) is 0. The number of aryl methyl sites for hydroxylation is 1. The minimum absolute atomic E-state index is 0.00117. The molecule has 224 valence electrons. The van der Waals surface area contributed by atoms with Crippen LogP contribution in [-0.2, 0) is 11.2 Å². The Balaban J connectivity index is 1.12. The molecule has 6 aliphatic carbocycles. The van der Waals surface area contributed by atoms with Crippen LogP contribution in [0.2, 0.25) is 0 Å². The second-order valence-corrected chi connectivity index (χ2v) is 15.4. The summed E-state index contributed by atoms with van der Waals surface area (Å²) in [6.07, 6.45) is 12.3. The topological polar surface area (TPSA) is 18.5 Å². The third-order valence-electron chi connectivity index (χ3n) is 11.7. The highest BCUT2D eigenvalue weighted by atomic mass is 16.7. The Hall–Kier alpha value is -2.84. The Morgan fingerprint density at radius 2 is 1.51 bits per heavy atom. The van der Waals surface area contributed by atoms with E-state index in [9.17, 15) is 0 Å². The predicted octanol–water partition coefficient (Wildman–Crippen LogP) is 10.4. The van der Waals surface area contributed by atoms with Gasteiger partial charge in [0.05, 0.1) is 11.5 Å². The van der Waals surface area contributed by atoms with Crippen molar-refractivity contribution in [3.63, 3.8) is 0 Å². The van der Waals surface area contributed by atoms with E-state index in [1.165, 1.54) is 71.9 Å². The molecule has 0 amide bonds. The molecule has 0 heterocycles. The van der Waals surface area contributed by atoms with Crippen molar-refractivity contribution in [2.24, 2.45) is 35.5 Å². The summed E-state index contributed by atoms with van der Waals surface area (Å²) in [6, 6.07) is 24.7. The van der Waals surface area contributed by atoms with Gasteiger partial charge in [0.1, 0.15) is 5.75 Å². The Labute approximate surface area is 258 Å². The molecule has 0 aliphatic heterocycles. The number of rotatable bonds is 9. The van der Waals surface area contributed by atoms with Crippen LogP contribution in [0.25, 0.3) is 17.2 Å². The van der Waals surface area contributed by atoms with Gasteiger partial charge in [-0.2, -0.15) is 0 Å². The Kier molecular flexibility index (Phi) is 6.86. The average Bonchev–Trinajstić information content (AvgIpc) is 3.60. The predicted molar refractivity (Wildman–Crippen MR) is 176 cm³/mol. The van der Waals surface area contributed by atoms with Gasteiger partial charge in [0.25, 0.3) is 0 Å². The van der Waals surface area contributed by atoms with Crippen LogP contribution in [0.15, 0.2) is 72.3 Å². The van der Waals surface area contributed by atoms with E-state index in [1.54, 1.807) is 5.57 Å². The number of ether oxygens (including phenoxy) is 2. The lowest BCUT2D eigenvalue weighted by atomic mass is 9.72. The fraction of sp³-hybridized carbons (Fsp3) is 0.512. The molecule has 4 unspecified atom stereocenters. The van der Waals surface area contributed by atoms with Crippen LogP contribution in [0.3, 0.4) is 0 Å². The van der Waals surface area contributed by atoms with Crippen LogP contribution in [0, 0.1) is 35.5 Å². The van der Waals surface area contributed by atoms with Gasteiger partial charge in [-0.3, -0.25) is 0 Å². The zero-order valence-electron chi connectivity index (χ0n) is 26.5. The maximum atomic E-state index is 7.35. The average molecular weight is 573 g/mol. The largest absolute Gasteiger partial charge is 0.464 e. The van der Waals surface area contributed by atoms with E-state index in [2.05, 4.69) is 101 Å². The fourth-order valence-corrected chi connectivity index (χ4v) is 9.45. The molecule has 9 rings (SSSR count). The SMILES string of the molecule is CC(C)CC(C1=Cc2ccc(OC(OC34CC5CC(C5)CC3C4)C3c4ccccc4-c4ccccc43)cc2CC1)C(C)C. The second-order valence-electron chi connectivity index (χ2n) is 15.4. The summed E-state index contributed by atoms with van der Waals surface area (Å²) in [6.45, 7) is 9.50. The van der Waals surface area contributed by atoms with Gasteiger partial charge in [-0.05, 0) is 132 Å². The van der Waals surface area contributed by atoms with Gasteiger partial charge in [0.2, 0.25) is 6.29 Å². The molecule has 0 radical (unpaired) electrons. The molecule has 2 bridgehead atoms. The molecular weight excluding hydrogens is 524 g/mol. The van der Waals surface area contributed by atoms with Crippen LogP contribution < -0.4 is 4.74 Å². The minimum Gasteiger partial charge on any atom is -0.464 e. The second kappa shape index (κ2) is 10.7.